The number of benzene rings is 1. The fourth-order valence-corrected chi connectivity index (χ4v) is 4.06. The van der Waals surface area contributed by atoms with Gasteiger partial charge in [-0.05, 0) is 26.3 Å². The van der Waals surface area contributed by atoms with Gasteiger partial charge in [0.15, 0.2) is 5.65 Å². The van der Waals surface area contributed by atoms with Gasteiger partial charge < -0.3 is 9.88 Å². The Balaban J connectivity index is 1.62. The van der Waals surface area contributed by atoms with Crippen LogP contribution in [0.3, 0.4) is 0 Å². The minimum Gasteiger partial charge on any atom is -0.353 e. The molecule has 0 aliphatic rings. The molecule has 0 spiro atoms. The van der Waals surface area contributed by atoms with Crippen molar-refractivity contribution < 1.29 is 4.79 Å². The predicted molar refractivity (Wildman–Crippen MR) is 116 cm³/mol. The first kappa shape index (κ1) is 20.6. The lowest BCUT2D eigenvalue weighted by Crippen LogP contribution is -2.33. The number of carbonyl (C=O) groups excluding carboxylic acids is 1. The largest absolute Gasteiger partial charge is 0.353 e. The quantitative estimate of drug-likeness (QED) is 0.399. The second-order valence-corrected chi connectivity index (χ2v) is 8.08. The minimum absolute atomic E-state index is 0.0210. The van der Waals surface area contributed by atoms with Gasteiger partial charge in [0, 0.05) is 18.0 Å². The molecule has 0 aliphatic heterocycles. The van der Waals surface area contributed by atoms with Gasteiger partial charge in [0.1, 0.15) is 5.52 Å². The van der Waals surface area contributed by atoms with Gasteiger partial charge in [-0.3, -0.25) is 4.79 Å². The number of amides is 1. The molecule has 0 aliphatic carbocycles. The molecule has 1 amide bonds. The Morgan fingerprint density at radius 2 is 2.00 bits per heavy atom. The molecule has 3 rings (SSSR count). The van der Waals surface area contributed by atoms with Crippen molar-refractivity contribution in [2.45, 2.75) is 70.6 Å². The molecule has 1 aromatic carbocycles. The molecule has 28 heavy (non-hydrogen) atoms. The van der Waals surface area contributed by atoms with E-state index in [9.17, 15) is 4.79 Å². The summed E-state index contributed by atoms with van der Waals surface area (Å²) in [5, 5.41) is 13.3. The normalized spacial score (nSPS) is 12.5. The van der Waals surface area contributed by atoms with Crippen LogP contribution in [-0.2, 0) is 11.3 Å². The smallest absolute Gasteiger partial charge is 0.230 e. The molecule has 0 radical (unpaired) electrons. The molecule has 6 nitrogen and oxygen atoms in total. The highest BCUT2D eigenvalue weighted by molar-refractivity contribution is 7.99. The maximum absolute atomic E-state index is 12.2. The predicted octanol–water partition coefficient (Wildman–Crippen LogP) is 4.57. The molecule has 0 bridgehead atoms. The van der Waals surface area contributed by atoms with Crippen molar-refractivity contribution in [2.24, 2.45) is 0 Å². The van der Waals surface area contributed by atoms with Crippen molar-refractivity contribution in [1.82, 2.24) is 25.1 Å². The Labute approximate surface area is 170 Å². The van der Waals surface area contributed by atoms with Gasteiger partial charge in [0.2, 0.25) is 11.1 Å². The van der Waals surface area contributed by atoms with Gasteiger partial charge in [-0.2, -0.15) is 0 Å². The number of hydrogen-bond donors (Lipinski definition) is 1. The van der Waals surface area contributed by atoms with Crippen molar-refractivity contribution in [3.05, 3.63) is 24.3 Å². The molecular weight excluding hydrogens is 370 g/mol. The van der Waals surface area contributed by atoms with Crippen LogP contribution in [0.25, 0.3) is 22.1 Å². The Kier molecular flexibility index (Phi) is 7.25. The van der Waals surface area contributed by atoms with Crippen molar-refractivity contribution in [3.63, 3.8) is 0 Å². The first-order chi connectivity index (χ1) is 13.6. The van der Waals surface area contributed by atoms with Crippen LogP contribution < -0.4 is 5.32 Å². The summed E-state index contributed by atoms with van der Waals surface area (Å²) in [6.45, 7) is 7.17. The number of thioether (sulfide) groups is 1. The topological polar surface area (TPSA) is 72.7 Å². The molecule has 1 N–H and O–H groups in total. The molecule has 0 fully saturated rings. The molecular formula is C21H29N5OS. The third kappa shape index (κ3) is 4.82. The summed E-state index contributed by atoms with van der Waals surface area (Å²) < 4.78 is 2.14. The van der Waals surface area contributed by atoms with Crippen LogP contribution in [0, 0.1) is 0 Å². The second kappa shape index (κ2) is 9.87. The van der Waals surface area contributed by atoms with Crippen molar-refractivity contribution in [2.75, 3.05) is 5.75 Å². The first-order valence-electron chi connectivity index (χ1n) is 10.2. The number of rotatable bonds is 10. The van der Waals surface area contributed by atoms with E-state index in [4.69, 9.17) is 0 Å². The number of hydrogen-bond acceptors (Lipinski definition) is 5. The zero-order valence-electron chi connectivity index (χ0n) is 16.9. The van der Waals surface area contributed by atoms with Crippen molar-refractivity contribution in [3.8, 4) is 0 Å². The SMILES string of the molecule is CCCCCC[C@H](C)NC(=O)CSc1nnc2c3ccccc3n(CC)c2n1. The highest BCUT2D eigenvalue weighted by atomic mass is 32.2. The second-order valence-electron chi connectivity index (χ2n) is 7.13. The van der Waals surface area contributed by atoms with Crippen molar-refractivity contribution >= 4 is 39.7 Å². The summed E-state index contributed by atoms with van der Waals surface area (Å²) in [6, 6.07) is 8.34. The average molecular weight is 400 g/mol. The lowest BCUT2D eigenvalue weighted by molar-refractivity contribution is -0.119. The van der Waals surface area contributed by atoms with Gasteiger partial charge in [-0.15, -0.1) is 10.2 Å². The van der Waals surface area contributed by atoms with E-state index >= 15 is 0 Å². The molecule has 0 saturated heterocycles. The van der Waals surface area contributed by atoms with Crippen LogP contribution >= 0.6 is 11.8 Å². The van der Waals surface area contributed by atoms with Gasteiger partial charge in [0.05, 0.1) is 11.3 Å². The monoisotopic (exact) mass is 399 g/mol. The lowest BCUT2D eigenvalue weighted by Gasteiger charge is -2.13. The number of para-hydroxylation sites is 1. The molecule has 1 atom stereocenters. The molecule has 0 saturated carbocycles. The van der Waals surface area contributed by atoms with Crippen LogP contribution in [0.15, 0.2) is 29.4 Å². The molecule has 2 heterocycles. The third-order valence-corrected chi connectivity index (χ3v) is 5.74. The Morgan fingerprint density at radius 3 is 2.79 bits per heavy atom. The van der Waals surface area contributed by atoms with E-state index in [0.29, 0.717) is 10.9 Å². The third-order valence-electron chi connectivity index (χ3n) is 4.90. The molecule has 0 unspecified atom stereocenters. The molecule has 150 valence electrons. The lowest BCUT2D eigenvalue weighted by atomic mass is 10.1. The van der Waals surface area contributed by atoms with Crippen molar-refractivity contribution in [1.29, 1.82) is 0 Å². The minimum atomic E-state index is 0.0210. The van der Waals surface area contributed by atoms with Crippen LogP contribution in [0.2, 0.25) is 0 Å². The Morgan fingerprint density at radius 1 is 1.18 bits per heavy atom. The number of nitrogens with zero attached hydrogens (tertiary/aromatic N) is 4. The van der Waals surface area contributed by atoms with E-state index < -0.39 is 0 Å². The summed E-state index contributed by atoms with van der Waals surface area (Å²) in [5.41, 5.74) is 2.75. The summed E-state index contributed by atoms with van der Waals surface area (Å²) in [6.07, 6.45) is 5.91. The van der Waals surface area contributed by atoms with E-state index in [2.05, 4.69) is 51.9 Å². The fourth-order valence-electron chi connectivity index (χ4n) is 3.47. The summed E-state index contributed by atoms with van der Waals surface area (Å²) in [5.74, 6) is 0.325. The maximum Gasteiger partial charge on any atom is 0.230 e. The van der Waals surface area contributed by atoms with Crippen LogP contribution in [0.4, 0.5) is 0 Å². The molecule has 2 aromatic heterocycles. The van der Waals surface area contributed by atoms with Crippen LogP contribution in [0.1, 0.15) is 52.9 Å². The molecule has 3 aromatic rings. The number of nitrogens with one attached hydrogen (secondary N) is 1. The number of aromatic nitrogens is 4. The first-order valence-corrected chi connectivity index (χ1v) is 11.2. The highest BCUT2D eigenvalue weighted by Gasteiger charge is 2.15. The number of aryl methyl sites for hydroxylation is 1. The van der Waals surface area contributed by atoms with Gasteiger partial charge in [0.25, 0.3) is 0 Å². The highest BCUT2D eigenvalue weighted by Crippen LogP contribution is 2.26. The van der Waals surface area contributed by atoms with E-state index in [1.807, 2.05) is 18.2 Å². The summed E-state index contributed by atoms with van der Waals surface area (Å²) in [4.78, 5) is 16.9. The summed E-state index contributed by atoms with van der Waals surface area (Å²) in [7, 11) is 0. The number of unbranched alkanes of at least 4 members (excludes halogenated alkanes) is 3. The molecule has 7 heteroatoms. The van der Waals surface area contributed by atoms with Gasteiger partial charge >= 0.3 is 0 Å². The number of carbonyl (C=O) groups is 1. The standard InChI is InChI=1S/C21H29N5OS/c1-4-6-7-8-11-15(3)22-18(27)14-28-21-23-20-19(24-25-21)16-12-9-10-13-17(16)26(20)5-2/h9-10,12-13,15H,4-8,11,14H2,1-3H3,(H,22,27)/t15-/m0/s1. The fraction of sp³-hybridized carbons (Fsp3) is 0.524. The zero-order valence-corrected chi connectivity index (χ0v) is 17.8. The van der Waals surface area contributed by atoms with Crippen LogP contribution in [-0.4, -0.2) is 37.5 Å². The van der Waals surface area contributed by atoms with Gasteiger partial charge in [-0.1, -0.05) is 62.6 Å². The van der Waals surface area contributed by atoms with E-state index in [-0.39, 0.29) is 11.9 Å². The van der Waals surface area contributed by atoms with E-state index in [1.165, 1.54) is 31.0 Å². The Hall–Kier alpha value is -2.15. The summed E-state index contributed by atoms with van der Waals surface area (Å²) >= 11 is 1.34. The Bertz CT molecular complexity index is 939. The maximum atomic E-state index is 12.2. The zero-order chi connectivity index (χ0) is 19.9. The number of fused-ring (bicyclic) bond motifs is 3. The van der Waals surface area contributed by atoms with Crippen LogP contribution in [0.5, 0.6) is 0 Å². The van der Waals surface area contributed by atoms with E-state index in [0.717, 1.165) is 41.5 Å². The van der Waals surface area contributed by atoms with Gasteiger partial charge in [-0.25, -0.2) is 4.98 Å². The van der Waals surface area contributed by atoms with E-state index in [1.54, 1.807) is 0 Å². The average Bonchev–Trinajstić information content (AvgIpc) is 3.02.